The van der Waals surface area contributed by atoms with Crippen molar-refractivity contribution in [1.29, 1.82) is 0 Å². The zero-order chi connectivity index (χ0) is 9.56. The Balaban J connectivity index is 0. The quantitative estimate of drug-likeness (QED) is 0.806. The van der Waals surface area contributed by atoms with E-state index in [4.69, 9.17) is 5.11 Å². The molecule has 1 rings (SSSR count). The van der Waals surface area contributed by atoms with Gasteiger partial charge in [0, 0.05) is 39.8 Å². The first-order valence-corrected chi connectivity index (χ1v) is 3.97. The van der Waals surface area contributed by atoms with Crippen molar-refractivity contribution < 1.29 is 42.9 Å². The number of phenols is 1. The van der Waals surface area contributed by atoms with E-state index in [0.29, 0.717) is 5.75 Å². The molecule has 13 heavy (non-hydrogen) atoms. The fourth-order valence-corrected chi connectivity index (χ4v) is 0.875. The van der Waals surface area contributed by atoms with Crippen molar-refractivity contribution in [3.8, 4) is 5.75 Å². The molecule has 0 unspecified atom stereocenters. The van der Waals surface area contributed by atoms with Crippen molar-refractivity contribution in [3.63, 3.8) is 0 Å². The number of aromatic hydroxyl groups is 1. The number of hydrogen-bond acceptors (Lipinski definition) is 2. The largest absolute Gasteiger partial charge is 0.508 e. The van der Waals surface area contributed by atoms with Crippen LogP contribution in [-0.2, 0) is 39.1 Å². The molecule has 0 saturated carbocycles. The summed E-state index contributed by atoms with van der Waals surface area (Å²) >= 11 is 0. The summed E-state index contributed by atoms with van der Waals surface area (Å²) in [6, 6.07) is 5.79. The van der Waals surface area contributed by atoms with Crippen LogP contribution >= 0.6 is 0 Å². The third kappa shape index (κ3) is 5.40. The summed E-state index contributed by atoms with van der Waals surface area (Å²) in [6.07, 6.45) is 0.980. The number of rotatable bonds is 1. The molecule has 0 amide bonds. The molecule has 1 aromatic rings. The monoisotopic (exact) mass is 257 g/mol. The Bertz CT molecular complexity index is 236. The van der Waals surface area contributed by atoms with Gasteiger partial charge in [-0.3, -0.25) is 0 Å². The standard InChI is InChI=1S/C9H12O.CH4O.Y/c1-3-8-5-4-7(2)9(10)6-8;1-2;/h4-6,10H,3H2,1-2H3;2H,1H3;. The molecule has 3 heteroatoms. The predicted octanol–water partition coefficient (Wildman–Crippen LogP) is 1.87. The minimum Gasteiger partial charge on any atom is -0.508 e. The number of hydrogen-bond donors (Lipinski definition) is 2. The third-order valence-corrected chi connectivity index (χ3v) is 1.68. The van der Waals surface area contributed by atoms with Crippen LogP contribution < -0.4 is 0 Å². The van der Waals surface area contributed by atoms with Crippen molar-refractivity contribution in [3.05, 3.63) is 29.3 Å². The molecule has 0 fully saturated rings. The summed E-state index contributed by atoms with van der Waals surface area (Å²) in [5.74, 6) is 0.402. The zero-order valence-electron chi connectivity index (χ0n) is 8.41. The van der Waals surface area contributed by atoms with Gasteiger partial charge in [-0.15, -0.1) is 0 Å². The van der Waals surface area contributed by atoms with E-state index in [1.54, 1.807) is 0 Å². The Hall–Kier alpha value is 0.0839. The number of aliphatic hydroxyl groups is 1. The second-order valence-electron chi connectivity index (χ2n) is 2.47. The molecule has 2 N–H and O–H groups in total. The second kappa shape index (κ2) is 8.67. The Labute approximate surface area is 105 Å². The molecule has 0 aliphatic carbocycles. The van der Waals surface area contributed by atoms with Gasteiger partial charge < -0.3 is 10.2 Å². The van der Waals surface area contributed by atoms with Crippen LogP contribution in [0.4, 0.5) is 0 Å². The first-order chi connectivity index (χ1) is 5.74. The van der Waals surface area contributed by atoms with Gasteiger partial charge in [0.2, 0.25) is 0 Å². The summed E-state index contributed by atoms with van der Waals surface area (Å²) in [5.41, 5.74) is 2.13. The summed E-state index contributed by atoms with van der Waals surface area (Å²) in [6.45, 7) is 3.97. The van der Waals surface area contributed by atoms with Gasteiger partial charge in [-0.05, 0) is 30.5 Å². The van der Waals surface area contributed by atoms with Gasteiger partial charge in [0.15, 0.2) is 0 Å². The topological polar surface area (TPSA) is 40.5 Å². The molecular weight excluding hydrogens is 241 g/mol. The smallest absolute Gasteiger partial charge is 0.118 e. The van der Waals surface area contributed by atoms with E-state index in [2.05, 4.69) is 6.92 Å². The molecule has 1 aromatic carbocycles. The van der Waals surface area contributed by atoms with Crippen LogP contribution in [0.5, 0.6) is 5.75 Å². The van der Waals surface area contributed by atoms with Crippen molar-refractivity contribution in [2.45, 2.75) is 20.3 Å². The Morgan fingerprint density at radius 3 is 2.15 bits per heavy atom. The van der Waals surface area contributed by atoms with E-state index >= 15 is 0 Å². The summed E-state index contributed by atoms with van der Waals surface area (Å²) in [5, 5.41) is 16.2. The van der Waals surface area contributed by atoms with Gasteiger partial charge in [0.05, 0.1) is 0 Å². The van der Waals surface area contributed by atoms with Gasteiger partial charge in [-0.2, -0.15) is 0 Å². The van der Waals surface area contributed by atoms with Gasteiger partial charge in [-0.1, -0.05) is 19.1 Å². The molecule has 0 saturated heterocycles. The van der Waals surface area contributed by atoms with Crippen LogP contribution in [-0.4, -0.2) is 17.3 Å². The predicted molar refractivity (Wildman–Crippen MR) is 50.4 cm³/mol. The Morgan fingerprint density at radius 1 is 1.23 bits per heavy atom. The number of aliphatic hydroxyl groups excluding tert-OH is 1. The van der Waals surface area contributed by atoms with Crippen LogP contribution in [0.15, 0.2) is 18.2 Å². The van der Waals surface area contributed by atoms with E-state index in [0.717, 1.165) is 19.1 Å². The summed E-state index contributed by atoms with van der Waals surface area (Å²) in [7, 11) is 1.00. The van der Waals surface area contributed by atoms with E-state index < -0.39 is 0 Å². The third-order valence-electron chi connectivity index (χ3n) is 1.68. The van der Waals surface area contributed by atoms with E-state index in [1.807, 2.05) is 25.1 Å². The van der Waals surface area contributed by atoms with E-state index in [-0.39, 0.29) is 32.7 Å². The minimum absolute atomic E-state index is 0. The summed E-state index contributed by atoms with van der Waals surface area (Å²) in [4.78, 5) is 0. The molecule has 0 atom stereocenters. The molecule has 71 valence electrons. The Kier molecular flexibility index (Phi) is 10.4. The fraction of sp³-hybridized carbons (Fsp3) is 0.400. The van der Waals surface area contributed by atoms with Crippen LogP contribution in [0.25, 0.3) is 0 Å². The molecule has 0 spiro atoms. The van der Waals surface area contributed by atoms with Crippen LogP contribution in [0.2, 0.25) is 0 Å². The van der Waals surface area contributed by atoms with Crippen molar-refractivity contribution in [1.82, 2.24) is 0 Å². The first kappa shape index (κ1) is 15.6. The molecular formula is C10H16O2Y. The maximum absolute atomic E-state index is 9.23. The molecule has 0 heterocycles. The van der Waals surface area contributed by atoms with Gasteiger partial charge in [0.1, 0.15) is 5.75 Å². The number of benzene rings is 1. The average molecular weight is 257 g/mol. The van der Waals surface area contributed by atoms with E-state index in [1.165, 1.54) is 5.56 Å². The van der Waals surface area contributed by atoms with Crippen molar-refractivity contribution in [2.24, 2.45) is 0 Å². The van der Waals surface area contributed by atoms with E-state index in [9.17, 15) is 5.11 Å². The van der Waals surface area contributed by atoms with Gasteiger partial charge in [-0.25, -0.2) is 0 Å². The first-order valence-electron chi connectivity index (χ1n) is 3.97. The minimum atomic E-state index is 0. The van der Waals surface area contributed by atoms with Crippen LogP contribution in [0.3, 0.4) is 0 Å². The molecule has 1 radical (unpaired) electrons. The molecule has 0 bridgehead atoms. The zero-order valence-corrected chi connectivity index (χ0v) is 11.2. The molecule has 2 nitrogen and oxygen atoms in total. The van der Waals surface area contributed by atoms with Crippen LogP contribution in [0.1, 0.15) is 18.1 Å². The average Bonchev–Trinajstić information content (AvgIpc) is 2.13. The van der Waals surface area contributed by atoms with Crippen molar-refractivity contribution >= 4 is 0 Å². The van der Waals surface area contributed by atoms with Crippen LogP contribution in [0, 0.1) is 6.92 Å². The normalized spacial score (nSPS) is 8.00. The second-order valence-corrected chi connectivity index (χ2v) is 2.47. The summed E-state index contributed by atoms with van der Waals surface area (Å²) < 4.78 is 0. The molecule has 0 aliphatic heterocycles. The number of phenolic OH excluding ortho intramolecular Hbond substituents is 1. The fourth-order valence-electron chi connectivity index (χ4n) is 0.875. The van der Waals surface area contributed by atoms with Crippen molar-refractivity contribution in [2.75, 3.05) is 7.11 Å². The van der Waals surface area contributed by atoms with Gasteiger partial charge >= 0.3 is 0 Å². The maximum Gasteiger partial charge on any atom is 0.118 e. The SMILES string of the molecule is CCc1ccc(C)c(O)c1.CO.[Y]. The molecule has 0 aliphatic rings. The maximum atomic E-state index is 9.23. The molecule has 0 aromatic heterocycles. The number of aryl methyl sites for hydroxylation is 2. The van der Waals surface area contributed by atoms with Gasteiger partial charge in [0.25, 0.3) is 0 Å². The Morgan fingerprint density at radius 2 is 1.77 bits per heavy atom.